The molecule has 2 atom stereocenters. The zero-order chi connectivity index (χ0) is 9.57. The highest BCUT2D eigenvalue weighted by Gasteiger charge is 2.48. The fourth-order valence-electron chi connectivity index (χ4n) is 1.54. The summed E-state index contributed by atoms with van der Waals surface area (Å²) >= 11 is 0. The van der Waals surface area contributed by atoms with Gasteiger partial charge in [0.2, 0.25) is 0 Å². The normalized spacial score (nSPS) is 31.8. The summed E-state index contributed by atoms with van der Waals surface area (Å²) in [5, 5.41) is 0. The second-order valence-corrected chi connectivity index (χ2v) is 5.38. The van der Waals surface area contributed by atoms with Gasteiger partial charge in [0.15, 0.2) is 0 Å². The van der Waals surface area contributed by atoms with Gasteiger partial charge in [-0.2, -0.15) is 0 Å². The molecule has 1 saturated carbocycles. The molecule has 0 spiro atoms. The van der Waals surface area contributed by atoms with Crippen molar-refractivity contribution < 1.29 is 4.74 Å². The van der Waals surface area contributed by atoms with Gasteiger partial charge in [-0.15, -0.1) is 12.4 Å². The van der Waals surface area contributed by atoms with Gasteiger partial charge >= 0.3 is 0 Å². The van der Waals surface area contributed by atoms with Crippen LogP contribution in [0.4, 0.5) is 0 Å². The quantitative estimate of drug-likeness (QED) is 0.717. The van der Waals surface area contributed by atoms with Gasteiger partial charge in [-0.25, -0.2) is 0 Å². The minimum absolute atomic E-state index is 0. The molecule has 0 bridgehead atoms. The van der Waals surface area contributed by atoms with Crippen LogP contribution in [0, 0.1) is 5.41 Å². The molecule has 1 aliphatic rings. The maximum absolute atomic E-state index is 5.89. The van der Waals surface area contributed by atoms with Crippen LogP contribution in [0.3, 0.4) is 0 Å². The first kappa shape index (κ1) is 13.2. The van der Waals surface area contributed by atoms with E-state index < -0.39 is 0 Å². The molecule has 2 unspecified atom stereocenters. The third-order valence-corrected chi connectivity index (χ3v) is 2.75. The molecule has 3 heteroatoms. The molecule has 0 aromatic heterocycles. The summed E-state index contributed by atoms with van der Waals surface area (Å²) in [6, 6.07) is 0.310. The van der Waals surface area contributed by atoms with Crippen LogP contribution in [0.2, 0.25) is 0 Å². The van der Waals surface area contributed by atoms with Crippen LogP contribution >= 0.6 is 12.4 Å². The number of rotatable bonds is 1. The van der Waals surface area contributed by atoms with Crippen LogP contribution in [0.15, 0.2) is 0 Å². The molecule has 0 amide bonds. The first-order valence-corrected chi connectivity index (χ1v) is 4.67. The van der Waals surface area contributed by atoms with E-state index in [0.29, 0.717) is 12.1 Å². The van der Waals surface area contributed by atoms with Crippen molar-refractivity contribution in [2.24, 2.45) is 11.1 Å². The summed E-state index contributed by atoms with van der Waals surface area (Å²) in [6.45, 7) is 10.6. The van der Waals surface area contributed by atoms with Gasteiger partial charge in [-0.1, -0.05) is 13.8 Å². The van der Waals surface area contributed by atoms with Gasteiger partial charge in [0, 0.05) is 11.5 Å². The molecule has 0 saturated heterocycles. The molecule has 1 fully saturated rings. The van der Waals surface area contributed by atoms with Gasteiger partial charge < -0.3 is 10.5 Å². The summed E-state index contributed by atoms with van der Waals surface area (Å²) in [5.41, 5.74) is 6.01. The van der Waals surface area contributed by atoms with E-state index in [9.17, 15) is 0 Å². The highest BCUT2D eigenvalue weighted by Crippen LogP contribution is 2.42. The van der Waals surface area contributed by atoms with E-state index in [-0.39, 0.29) is 23.4 Å². The van der Waals surface area contributed by atoms with Crippen molar-refractivity contribution >= 4 is 12.4 Å². The maximum atomic E-state index is 5.89. The lowest BCUT2D eigenvalue weighted by Gasteiger charge is -2.51. The Morgan fingerprint density at radius 2 is 1.77 bits per heavy atom. The highest BCUT2D eigenvalue weighted by molar-refractivity contribution is 5.85. The van der Waals surface area contributed by atoms with Crippen LogP contribution in [-0.4, -0.2) is 17.7 Å². The second kappa shape index (κ2) is 3.76. The van der Waals surface area contributed by atoms with Crippen LogP contribution in [0.5, 0.6) is 0 Å². The van der Waals surface area contributed by atoms with Gasteiger partial charge in [-0.3, -0.25) is 0 Å². The predicted molar refractivity (Wildman–Crippen MR) is 58.2 cm³/mol. The summed E-state index contributed by atoms with van der Waals surface area (Å²) in [4.78, 5) is 0. The van der Waals surface area contributed by atoms with Crippen LogP contribution < -0.4 is 5.73 Å². The van der Waals surface area contributed by atoms with E-state index in [1.165, 1.54) is 0 Å². The maximum Gasteiger partial charge on any atom is 0.0662 e. The number of hydrogen-bond donors (Lipinski definition) is 1. The SMILES string of the molecule is CC(C)(C)OC1CC(N)C1(C)C.Cl. The molecule has 2 N–H and O–H groups in total. The minimum atomic E-state index is -0.0396. The molecule has 13 heavy (non-hydrogen) atoms. The largest absolute Gasteiger partial charge is 0.372 e. The van der Waals surface area contributed by atoms with Crippen LogP contribution in [-0.2, 0) is 4.74 Å². The van der Waals surface area contributed by atoms with Crippen molar-refractivity contribution in [1.29, 1.82) is 0 Å². The van der Waals surface area contributed by atoms with Gasteiger partial charge in [0.25, 0.3) is 0 Å². The van der Waals surface area contributed by atoms with Crippen molar-refractivity contribution in [3.63, 3.8) is 0 Å². The number of halogens is 1. The molecule has 80 valence electrons. The van der Waals surface area contributed by atoms with Crippen LogP contribution in [0.25, 0.3) is 0 Å². The Labute approximate surface area is 87.6 Å². The molecule has 0 heterocycles. The average Bonchev–Trinajstić information content (AvgIpc) is 1.84. The van der Waals surface area contributed by atoms with Crippen molar-refractivity contribution in [2.45, 2.75) is 58.8 Å². The van der Waals surface area contributed by atoms with E-state index in [1.54, 1.807) is 0 Å². The predicted octanol–water partition coefficient (Wildman–Crippen LogP) is 2.35. The first-order chi connectivity index (χ1) is 5.23. The second-order valence-electron chi connectivity index (χ2n) is 5.38. The number of ether oxygens (including phenoxy) is 1. The van der Waals surface area contributed by atoms with E-state index >= 15 is 0 Å². The lowest BCUT2D eigenvalue weighted by atomic mass is 9.65. The Morgan fingerprint density at radius 1 is 1.31 bits per heavy atom. The zero-order valence-corrected chi connectivity index (χ0v) is 10.1. The Bertz CT molecular complexity index is 174. The van der Waals surface area contributed by atoms with Crippen molar-refractivity contribution in [2.75, 3.05) is 0 Å². The molecule has 0 aliphatic heterocycles. The average molecular weight is 208 g/mol. The molecule has 0 aromatic rings. The smallest absolute Gasteiger partial charge is 0.0662 e. The molecule has 0 aromatic carbocycles. The van der Waals surface area contributed by atoms with Crippen molar-refractivity contribution in [1.82, 2.24) is 0 Å². The zero-order valence-electron chi connectivity index (χ0n) is 9.26. The minimum Gasteiger partial charge on any atom is -0.372 e. The summed E-state index contributed by atoms with van der Waals surface area (Å²) in [6.07, 6.45) is 1.34. The lowest BCUT2D eigenvalue weighted by molar-refractivity contribution is -0.166. The molecular formula is C10H22ClNO. The standard InChI is InChI=1S/C10H21NO.ClH/c1-9(2,3)12-8-6-7(11)10(8,4)5;/h7-8H,6,11H2,1-5H3;1H. The van der Waals surface area contributed by atoms with E-state index in [4.69, 9.17) is 10.5 Å². The summed E-state index contributed by atoms with van der Waals surface area (Å²) in [7, 11) is 0. The Morgan fingerprint density at radius 3 is 2.00 bits per heavy atom. The van der Waals surface area contributed by atoms with Crippen LogP contribution in [0.1, 0.15) is 41.0 Å². The molecule has 1 rings (SSSR count). The van der Waals surface area contributed by atoms with Crippen molar-refractivity contribution in [3.05, 3.63) is 0 Å². The summed E-state index contributed by atoms with van der Waals surface area (Å²) in [5.74, 6) is 0. The molecule has 1 aliphatic carbocycles. The fraction of sp³-hybridized carbons (Fsp3) is 1.00. The molecule has 0 radical (unpaired) electrons. The van der Waals surface area contributed by atoms with Crippen molar-refractivity contribution in [3.8, 4) is 0 Å². The third-order valence-electron chi connectivity index (χ3n) is 2.75. The Hall–Kier alpha value is 0.210. The fourth-order valence-corrected chi connectivity index (χ4v) is 1.54. The Kier molecular flexibility index (Phi) is 3.82. The van der Waals surface area contributed by atoms with Gasteiger partial charge in [-0.05, 0) is 27.2 Å². The lowest BCUT2D eigenvalue weighted by Crippen LogP contribution is -2.60. The van der Waals surface area contributed by atoms with Gasteiger partial charge in [0.1, 0.15) is 0 Å². The molecule has 2 nitrogen and oxygen atoms in total. The number of hydrogen-bond acceptors (Lipinski definition) is 2. The number of nitrogens with two attached hydrogens (primary N) is 1. The van der Waals surface area contributed by atoms with E-state index in [2.05, 4.69) is 34.6 Å². The Balaban J connectivity index is 0.00000144. The van der Waals surface area contributed by atoms with E-state index in [0.717, 1.165) is 6.42 Å². The molecular weight excluding hydrogens is 186 g/mol. The topological polar surface area (TPSA) is 35.2 Å². The first-order valence-electron chi connectivity index (χ1n) is 4.67. The van der Waals surface area contributed by atoms with Gasteiger partial charge in [0.05, 0.1) is 11.7 Å². The third kappa shape index (κ3) is 2.83. The van der Waals surface area contributed by atoms with E-state index in [1.807, 2.05) is 0 Å². The highest BCUT2D eigenvalue weighted by atomic mass is 35.5. The summed E-state index contributed by atoms with van der Waals surface area (Å²) < 4.78 is 5.88. The monoisotopic (exact) mass is 207 g/mol.